The van der Waals surface area contributed by atoms with Crippen LogP contribution in [0.5, 0.6) is 0 Å². The Morgan fingerprint density at radius 3 is 2.35 bits per heavy atom. The first-order valence-corrected chi connectivity index (χ1v) is 7.37. The molecule has 0 aliphatic carbocycles. The zero-order valence-electron chi connectivity index (χ0n) is 14.1. The summed E-state index contributed by atoms with van der Waals surface area (Å²) in [4.78, 5) is 11.5. The van der Waals surface area contributed by atoms with Gasteiger partial charge in [0.05, 0.1) is 0 Å². The molecule has 1 aromatic rings. The largest absolute Gasteiger partial charge is 0.444 e. The van der Waals surface area contributed by atoms with Gasteiger partial charge in [-0.1, -0.05) is 29.8 Å². The van der Waals surface area contributed by atoms with Crippen molar-refractivity contribution in [1.29, 1.82) is 0 Å². The highest BCUT2D eigenvalue weighted by Crippen LogP contribution is 2.06. The third-order valence-electron chi connectivity index (χ3n) is 2.68. The van der Waals surface area contributed by atoms with Gasteiger partial charge in [-0.05, 0) is 27.7 Å². The summed E-state index contributed by atoms with van der Waals surface area (Å²) >= 11 is 0. The van der Waals surface area contributed by atoms with E-state index in [0.717, 1.165) is 11.1 Å². The second kappa shape index (κ2) is 8.17. The van der Waals surface area contributed by atoms with Gasteiger partial charge in [0.25, 0.3) is 0 Å². The predicted molar refractivity (Wildman–Crippen MR) is 92.4 cm³/mol. The summed E-state index contributed by atoms with van der Waals surface area (Å²) in [5, 5.41) is 10.3. The van der Waals surface area contributed by atoms with Crippen molar-refractivity contribution in [3.05, 3.63) is 35.4 Å². The number of nitrogens with one attached hydrogen (secondary N) is 1. The lowest BCUT2D eigenvalue weighted by Gasteiger charge is -2.19. The van der Waals surface area contributed by atoms with E-state index in [4.69, 9.17) is 16.2 Å². The lowest BCUT2D eigenvalue weighted by molar-refractivity contribution is 0.0529. The minimum Gasteiger partial charge on any atom is -0.444 e. The number of rotatable bonds is 5. The molecule has 0 fully saturated rings. The number of hydrogen-bond donors (Lipinski definition) is 3. The van der Waals surface area contributed by atoms with Crippen LogP contribution in [0.1, 0.15) is 38.3 Å². The first-order chi connectivity index (χ1) is 10.7. The van der Waals surface area contributed by atoms with Crippen LogP contribution in [0, 0.1) is 6.92 Å². The third kappa shape index (κ3) is 7.85. The van der Waals surface area contributed by atoms with Crippen LogP contribution in [0.4, 0.5) is 4.79 Å². The molecule has 0 saturated carbocycles. The second-order valence-electron chi connectivity index (χ2n) is 6.12. The number of amides is 1. The van der Waals surface area contributed by atoms with Crippen molar-refractivity contribution in [2.24, 2.45) is 21.7 Å². The quantitative estimate of drug-likeness (QED) is 0.436. The number of benzene rings is 1. The van der Waals surface area contributed by atoms with Gasteiger partial charge in [-0.2, -0.15) is 0 Å². The van der Waals surface area contributed by atoms with Crippen molar-refractivity contribution in [2.75, 3.05) is 6.54 Å². The molecule has 0 aromatic heterocycles. The van der Waals surface area contributed by atoms with E-state index < -0.39 is 11.7 Å². The van der Waals surface area contributed by atoms with E-state index in [2.05, 4.69) is 15.5 Å². The van der Waals surface area contributed by atoms with Crippen molar-refractivity contribution in [3.8, 4) is 0 Å². The van der Waals surface area contributed by atoms with Crippen LogP contribution in [0.2, 0.25) is 0 Å². The molecule has 0 saturated heterocycles. The highest BCUT2D eigenvalue weighted by molar-refractivity contribution is 5.97. The minimum atomic E-state index is -0.531. The Labute approximate surface area is 136 Å². The smallest absolute Gasteiger partial charge is 0.407 e. The fourth-order valence-electron chi connectivity index (χ4n) is 1.56. The van der Waals surface area contributed by atoms with Gasteiger partial charge in [0.1, 0.15) is 11.4 Å². The molecule has 0 unspecified atom stereocenters. The number of nitrogens with zero attached hydrogens (tertiary/aromatic N) is 2. The molecule has 5 N–H and O–H groups in total. The Bertz CT molecular complexity index is 585. The average molecular weight is 319 g/mol. The van der Waals surface area contributed by atoms with E-state index in [1.54, 1.807) is 20.8 Å². The minimum absolute atomic E-state index is 0.274. The van der Waals surface area contributed by atoms with Crippen LogP contribution in [0.3, 0.4) is 0 Å². The van der Waals surface area contributed by atoms with Crippen LogP contribution in [-0.2, 0) is 4.74 Å². The maximum atomic E-state index is 11.5. The van der Waals surface area contributed by atoms with Crippen molar-refractivity contribution < 1.29 is 9.53 Å². The molecule has 1 amide bonds. The second-order valence-corrected chi connectivity index (χ2v) is 6.12. The normalized spacial score (nSPS) is 12.9. The zero-order chi connectivity index (χ0) is 17.5. The molecule has 0 heterocycles. The average Bonchev–Trinajstić information content (AvgIpc) is 2.43. The molecular formula is C16H25N5O2. The van der Waals surface area contributed by atoms with Crippen molar-refractivity contribution in [3.63, 3.8) is 0 Å². The molecule has 0 radical (unpaired) electrons. The molecule has 1 rings (SSSR count). The fourth-order valence-corrected chi connectivity index (χ4v) is 1.56. The van der Waals surface area contributed by atoms with Gasteiger partial charge in [-0.3, -0.25) is 0 Å². The number of nitrogens with two attached hydrogens (primary N) is 2. The van der Waals surface area contributed by atoms with Crippen molar-refractivity contribution in [1.82, 2.24) is 5.32 Å². The van der Waals surface area contributed by atoms with E-state index in [1.165, 1.54) is 0 Å². The summed E-state index contributed by atoms with van der Waals surface area (Å²) in [6.45, 7) is 7.69. The van der Waals surface area contributed by atoms with Gasteiger partial charge < -0.3 is 21.5 Å². The summed E-state index contributed by atoms with van der Waals surface area (Å²) in [7, 11) is 0. The zero-order valence-corrected chi connectivity index (χ0v) is 14.1. The number of carbonyl (C=O) groups excluding carboxylic acids is 1. The van der Waals surface area contributed by atoms with E-state index in [9.17, 15) is 4.79 Å². The lowest BCUT2D eigenvalue weighted by Crippen LogP contribution is -2.34. The lowest BCUT2D eigenvalue weighted by atomic mass is 10.1. The number of alkyl carbamates (subject to hydrolysis) is 1. The van der Waals surface area contributed by atoms with Crippen LogP contribution in [0.15, 0.2) is 34.5 Å². The standard InChI is InChI=1S/C16H25N5O2/c1-11-5-7-12(8-6-11)14(18)21-20-13(17)9-10-19-15(22)23-16(2,3)4/h5-8H,9-10H2,1-4H3,(H2,17,20)(H2,18,21)(H,19,22). The first-order valence-electron chi connectivity index (χ1n) is 7.37. The number of carbonyl (C=O) groups is 1. The molecule has 0 aliphatic rings. The summed E-state index contributed by atoms with van der Waals surface area (Å²) in [6, 6.07) is 7.61. The molecule has 0 spiro atoms. The van der Waals surface area contributed by atoms with Gasteiger partial charge in [-0.15, -0.1) is 10.2 Å². The summed E-state index contributed by atoms with van der Waals surface area (Å²) in [6.07, 6.45) is -0.142. The Kier molecular flexibility index (Phi) is 6.56. The van der Waals surface area contributed by atoms with Gasteiger partial charge in [0.15, 0.2) is 5.84 Å². The molecule has 7 nitrogen and oxygen atoms in total. The fraction of sp³-hybridized carbons (Fsp3) is 0.438. The molecule has 0 atom stereocenters. The van der Waals surface area contributed by atoms with Crippen LogP contribution in [0.25, 0.3) is 0 Å². The van der Waals surface area contributed by atoms with Crippen LogP contribution in [-0.4, -0.2) is 29.9 Å². The molecule has 23 heavy (non-hydrogen) atoms. The van der Waals surface area contributed by atoms with Gasteiger partial charge in [0.2, 0.25) is 0 Å². The van der Waals surface area contributed by atoms with Crippen molar-refractivity contribution >= 4 is 17.8 Å². The van der Waals surface area contributed by atoms with Gasteiger partial charge in [0, 0.05) is 18.5 Å². The molecule has 126 valence electrons. The highest BCUT2D eigenvalue weighted by atomic mass is 16.6. The third-order valence-corrected chi connectivity index (χ3v) is 2.68. The number of amidine groups is 2. The molecule has 7 heteroatoms. The molecule has 0 bridgehead atoms. The van der Waals surface area contributed by atoms with Gasteiger partial charge in [-0.25, -0.2) is 4.79 Å². The number of aryl methyl sites for hydroxylation is 1. The first kappa shape index (κ1) is 18.5. The molecule has 1 aromatic carbocycles. The van der Waals surface area contributed by atoms with Crippen LogP contribution >= 0.6 is 0 Å². The Hall–Kier alpha value is -2.57. The Balaban J connectivity index is 2.46. The summed E-state index contributed by atoms with van der Waals surface area (Å²) in [5.74, 6) is 0.559. The molecule has 0 aliphatic heterocycles. The maximum absolute atomic E-state index is 11.5. The summed E-state index contributed by atoms with van der Waals surface area (Å²) < 4.78 is 5.11. The monoisotopic (exact) mass is 319 g/mol. The highest BCUT2D eigenvalue weighted by Gasteiger charge is 2.15. The van der Waals surface area contributed by atoms with E-state index in [-0.39, 0.29) is 11.7 Å². The SMILES string of the molecule is Cc1ccc(/C(N)=N/N=C(\N)CCNC(=O)OC(C)(C)C)cc1. The topological polar surface area (TPSA) is 115 Å². The van der Waals surface area contributed by atoms with E-state index >= 15 is 0 Å². The predicted octanol–water partition coefficient (Wildman–Crippen LogP) is 1.89. The number of hydrogen-bond acceptors (Lipinski definition) is 4. The Morgan fingerprint density at radius 2 is 1.78 bits per heavy atom. The maximum Gasteiger partial charge on any atom is 0.407 e. The van der Waals surface area contributed by atoms with Gasteiger partial charge >= 0.3 is 6.09 Å². The van der Waals surface area contributed by atoms with E-state index in [0.29, 0.717) is 13.0 Å². The van der Waals surface area contributed by atoms with Crippen LogP contribution < -0.4 is 16.8 Å². The van der Waals surface area contributed by atoms with Crippen molar-refractivity contribution in [2.45, 2.75) is 39.7 Å². The molecular weight excluding hydrogens is 294 g/mol. The summed E-state index contributed by atoms with van der Waals surface area (Å²) in [5.41, 5.74) is 13.0. The van der Waals surface area contributed by atoms with E-state index in [1.807, 2.05) is 31.2 Å². The number of ether oxygens (including phenoxy) is 1. The Morgan fingerprint density at radius 1 is 1.17 bits per heavy atom.